The number of non-ortho nitro benzene ring substituents is 1. The molecule has 0 saturated carbocycles. The molecule has 0 atom stereocenters. The highest BCUT2D eigenvalue weighted by Gasteiger charge is 2.18. The molecule has 0 unspecified atom stereocenters. The number of nitrogens with one attached hydrogen (secondary N) is 2. The quantitative estimate of drug-likeness (QED) is 0.340. The maximum absolute atomic E-state index is 12.3. The average molecular weight is 406 g/mol. The second-order valence-corrected chi connectivity index (χ2v) is 6.86. The minimum absolute atomic E-state index is 0.122. The van der Waals surface area contributed by atoms with Crippen molar-refractivity contribution < 1.29 is 19.6 Å². The van der Waals surface area contributed by atoms with E-state index in [2.05, 4.69) is 10.6 Å². The minimum Gasteiger partial charge on any atom is -0.506 e. The highest BCUT2D eigenvalue weighted by molar-refractivity contribution is 7.21. The summed E-state index contributed by atoms with van der Waals surface area (Å²) in [6.07, 6.45) is 0. The fraction of sp³-hybridized carbons (Fsp3) is 0.0588. The molecule has 0 saturated heterocycles. The molecule has 0 aliphatic rings. The highest BCUT2D eigenvalue weighted by Crippen LogP contribution is 2.35. The molecule has 2 amide bonds. The van der Waals surface area contributed by atoms with Crippen LogP contribution in [-0.4, -0.2) is 28.4 Å². The summed E-state index contributed by atoms with van der Waals surface area (Å²) in [5.41, 5.74) is -0.410. The monoisotopic (exact) mass is 405 g/mol. The Kier molecular flexibility index (Phi) is 5.24. The molecule has 0 radical (unpaired) electrons. The van der Waals surface area contributed by atoms with E-state index >= 15 is 0 Å². The Labute approximate surface area is 161 Å². The van der Waals surface area contributed by atoms with Crippen LogP contribution in [0.5, 0.6) is 5.75 Å². The smallest absolute Gasteiger partial charge is 0.271 e. The van der Waals surface area contributed by atoms with Gasteiger partial charge in [-0.05, 0) is 12.1 Å². The zero-order chi connectivity index (χ0) is 19.6. The summed E-state index contributed by atoms with van der Waals surface area (Å²) in [4.78, 5) is 34.7. The predicted molar refractivity (Wildman–Crippen MR) is 103 cm³/mol. The third-order valence-corrected chi connectivity index (χ3v) is 5.29. The number of nitro groups is 1. The van der Waals surface area contributed by atoms with Gasteiger partial charge in [0.2, 0.25) is 5.91 Å². The van der Waals surface area contributed by atoms with Gasteiger partial charge in [-0.3, -0.25) is 19.7 Å². The molecular formula is C17H12ClN3O5S. The molecule has 0 aliphatic carbocycles. The Morgan fingerprint density at radius 2 is 1.96 bits per heavy atom. The number of carbonyl (C=O) groups is 2. The molecule has 10 heteroatoms. The van der Waals surface area contributed by atoms with Gasteiger partial charge in [-0.25, -0.2) is 0 Å². The summed E-state index contributed by atoms with van der Waals surface area (Å²) in [5, 5.41) is 26.3. The van der Waals surface area contributed by atoms with E-state index < -0.39 is 23.3 Å². The fourth-order valence-corrected chi connectivity index (χ4v) is 3.77. The van der Waals surface area contributed by atoms with Gasteiger partial charge in [0, 0.05) is 22.2 Å². The van der Waals surface area contributed by atoms with Crippen LogP contribution < -0.4 is 10.6 Å². The number of phenols is 1. The standard InChI is InChI=1S/C17H12ClN3O5S/c18-15-10-3-1-2-4-13(10)27-16(15)17(24)19-8-14(23)20-11-7-9(21(25)26)5-6-12(11)22/h1-7,22H,8H2,(H,19,24)(H,20,23). The molecule has 0 bridgehead atoms. The van der Waals surface area contributed by atoms with E-state index in [1.54, 1.807) is 6.07 Å². The topological polar surface area (TPSA) is 122 Å². The van der Waals surface area contributed by atoms with E-state index in [1.165, 1.54) is 11.3 Å². The lowest BCUT2D eigenvalue weighted by molar-refractivity contribution is -0.384. The van der Waals surface area contributed by atoms with Gasteiger partial charge < -0.3 is 15.7 Å². The zero-order valence-electron chi connectivity index (χ0n) is 13.6. The van der Waals surface area contributed by atoms with Crippen LogP contribution in [0.3, 0.4) is 0 Å². The van der Waals surface area contributed by atoms with E-state index in [1.807, 2.05) is 18.2 Å². The molecule has 3 aromatic rings. The van der Waals surface area contributed by atoms with Crippen molar-refractivity contribution in [1.82, 2.24) is 5.32 Å². The lowest BCUT2D eigenvalue weighted by Gasteiger charge is -2.08. The van der Waals surface area contributed by atoms with Crippen molar-refractivity contribution in [3.8, 4) is 5.75 Å². The minimum atomic E-state index is -0.656. The second kappa shape index (κ2) is 7.60. The Hall–Kier alpha value is -3.17. The summed E-state index contributed by atoms with van der Waals surface area (Å²) < 4.78 is 0.846. The number of halogens is 1. The number of benzene rings is 2. The molecule has 2 aromatic carbocycles. The number of nitro benzene ring substituents is 1. The van der Waals surface area contributed by atoms with Crippen LogP contribution in [0.2, 0.25) is 5.02 Å². The zero-order valence-corrected chi connectivity index (χ0v) is 15.1. The summed E-state index contributed by atoms with van der Waals surface area (Å²) in [6.45, 7) is -0.397. The van der Waals surface area contributed by atoms with E-state index in [0.29, 0.717) is 5.02 Å². The van der Waals surface area contributed by atoms with E-state index in [9.17, 15) is 24.8 Å². The number of nitrogens with zero attached hydrogens (tertiary/aromatic N) is 1. The number of thiophene rings is 1. The maximum Gasteiger partial charge on any atom is 0.271 e. The number of hydrogen-bond acceptors (Lipinski definition) is 6. The Morgan fingerprint density at radius 3 is 2.67 bits per heavy atom. The van der Waals surface area contributed by atoms with Crippen molar-refractivity contribution in [3.05, 3.63) is 62.5 Å². The number of aromatic hydroxyl groups is 1. The molecular weight excluding hydrogens is 394 g/mol. The molecule has 3 N–H and O–H groups in total. The van der Waals surface area contributed by atoms with Crippen LogP contribution in [0.15, 0.2) is 42.5 Å². The number of amides is 2. The number of rotatable bonds is 5. The first-order valence-electron chi connectivity index (χ1n) is 7.59. The fourth-order valence-electron chi connectivity index (χ4n) is 2.33. The predicted octanol–water partition coefficient (Wildman–Crippen LogP) is 3.54. The third kappa shape index (κ3) is 3.99. The van der Waals surface area contributed by atoms with Crippen molar-refractivity contribution >= 4 is 56.2 Å². The second-order valence-electron chi connectivity index (χ2n) is 5.43. The number of fused-ring (bicyclic) bond motifs is 1. The molecule has 27 heavy (non-hydrogen) atoms. The Bertz CT molecular complexity index is 1070. The van der Waals surface area contributed by atoms with Gasteiger partial charge in [0.25, 0.3) is 11.6 Å². The van der Waals surface area contributed by atoms with E-state index in [4.69, 9.17) is 11.6 Å². The molecule has 0 fully saturated rings. The molecule has 1 heterocycles. The normalized spacial score (nSPS) is 10.6. The lowest BCUT2D eigenvalue weighted by atomic mass is 10.2. The highest BCUT2D eigenvalue weighted by atomic mass is 35.5. The first kappa shape index (κ1) is 18.6. The number of carbonyl (C=O) groups excluding carboxylic acids is 2. The van der Waals surface area contributed by atoms with Gasteiger partial charge in [0.05, 0.1) is 22.2 Å². The molecule has 3 rings (SSSR count). The molecule has 1 aromatic heterocycles. The largest absolute Gasteiger partial charge is 0.506 e. The molecule has 0 aliphatic heterocycles. The van der Waals surface area contributed by atoms with Crippen molar-refractivity contribution in [2.75, 3.05) is 11.9 Å². The van der Waals surface area contributed by atoms with Crippen molar-refractivity contribution in [1.29, 1.82) is 0 Å². The van der Waals surface area contributed by atoms with Crippen LogP contribution in [0.1, 0.15) is 9.67 Å². The average Bonchev–Trinajstić information content (AvgIpc) is 2.98. The lowest BCUT2D eigenvalue weighted by Crippen LogP contribution is -2.32. The van der Waals surface area contributed by atoms with Crippen LogP contribution in [-0.2, 0) is 4.79 Å². The first-order valence-corrected chi connectivity index (χ1v) is 8.78. The van der Waals surface area contributed by atoms with Gasteiger partial charge in [-0.1, -0.05) is 29.8 Å². The van der Waals surface area contributed by atoms with Crippen molar-refractivity contribution in [2.24, 2.45) is 0 Å². The summed E-state index contributed by atoms with van der Waals surface area (Å²) in [6, 6.07) is 10.5. The number of hydrogen-bond donors (Lipinski definition) is 3. The number of phenolic OH excluding ortho intramolecular Hbond substituents is 1. The van der Waals surface area contributed by atoms with Gasteiger partial charge in [0.15, 0.2) is 0 Å². The van der Waals surface area contributed by atoms with Gasteiger partial charge in [-0.2, -0.15) is 0 Å². The number of anilines is 1. The van der Waals surface area contributed by atoms with Gasteiger partial charge in [-0.15, -0.1) is 11.3 Å². The summed E-state index contributed by atoms with van der Waals surface area (Å²) >= 11 is 7.42. The molecule has 138 valence electrons. The SMILES string of the molecule is O=C(CNC(=O)c1sc2ccccc2c1Cl)Nc1cc([N+](=O)[O-])ccc1O. The van der Waals surface area contributed by atoms with Crippen molar-refractivity contribution in [3.63, 3.8) is 0 Å². The van der Waals surface area contributed by atoms with Crippen LogP contribution >= 0.6 is 22.9 Å². The molecule has 0 spiro atoms. The Morgan fingerprint density at radius 1 is 1.22 bits per heavy atom. The van der Waals surface area contributed by atoms with Gasteiger partial charge >= 0.3 is 0 Å². The first-order chi connectivity index (χ1) is 12.9. The van der Waals surface area contributed by atoms with Crippen LogP contribution in [0.4, 0.5) is 11.4 Å². The molecule has 8 nitrogen and oxygen atoms in total. The maximum atomic E-state index is 12.3. The van der Waals surface area contributed by atoms with Crippen molar-refractivity contribution in [2.45, 2.75) is 0 Å². The third-order valence-electron chi connectivity index (χ3n) is 3.62. The summed E-state index contributed by atoms with van der Waals surface area (Å²) in [5.74, 6) is -1.50. The summed E-state index contributed by atoms with van der Waals surface area (Å²) in [7, 11) is 0. The van der Waals surface area contributed by atoms with Gasteiger partial charge in [0.1, 0.15) is 10.6 Å². The van der Waals surface area contributed by atoms with E-state index in [-0.39, 0.29) is 22.0 Å². The van der Waals surface area contributed by atoms with Crippen LogP contribution in [0, 0.1) is 10.1 Å². The Balaban J connectivity index is 1.67. The van der Waals surface area contributed by atoms with Crippen LogP contribution in [0.25, 0.3) is 10.1 Å². The van der Waals surface area contributed by atoms with E-state index in [0.717, 1.165) is 28.3 Å².